The van der Waals surface area contributed by atoms with Gasteiger partial charge in [-0.2, -0.15) is 0 Å². The van der Waals surface area contributed by atoms with Gasteiger partial charge in [0.25, 0.3) is 5.91 Å². The largest absolute Gasteiger partial charge is 0.482 e. The predicted molar refractivity (Wildman–Crippen MR) is 92.0 cm³/mol. The monoisotopic (exact) mass is 349 g/mol. The Kier molecular flexibility index (Phi) is 5.09. The van der Waals surface area contributed by atoms with Crippen molar-refractivity contribution >= 4 is 29.1 Å². The molecule has 2 aromatic carbocycles. The number of carbonyl (C=O) groups is 1. The zero-order valence-corrected chi connectivity index (χ0v) is 14.0. The zero-order chi connectivity index (χ0) is 16.2. The van der Waals surface area contributed by atoms with Gasteiger partial charge in [-0.25, -0.2) is 0 Å². The van der Waals surface area contributed by atoms with E-state index in [4.69, 9.17) is 27.9 Å². The van der Waals surface area contributed by atoms with Gasteiger partial charge >= 0.3 is 0 Å². The quantitative estimate of drug-likeness (QED) is 0.824. The Bertz CT molecular complexity index is 687. The van der Waals surface area contributed by atoms with Crippen molar-refractivity contribution in [2.45, 2.75) is 18.9 Å². The van der Waals surface area contributed by atoms with Crippen molar-refractivity contribution in [2.24, 2.45) is 5.92 Å². The van der Waals surface area contributed by atoms with Crippen LogP contribution in [0.1, 0.15) is 24.4 Å². The van der Waals surface area contributed by atoms with Crippen LogP contribution in [0.15, 0.2) is 48.5 Å². The van der Waals surface area contributed by atoms with Gasteiger partial charge in [0.05, 0.1) is 11.1 Å². The van der Waals surface area contributed by atoms with E-state index in [9.17, 15) is 4.79 Å². The van der Waals surface area contributed by atoms with E-state index in [1.54, 1.807) is 18.2 Å². The fraction of sp³-hybridized carbons (Fsp3) is 0.278. The van der Waals surface area contributed by atoms with Crippen molar-refractivity contribution in [1.82, 2.24) is 5.32 Å². The highest BCUT2D eigenvalue weighted by Gasteiger charge is 2.33. The highest BCUT2D eigenvalue weighted by Crippen LogP contribution is 2.41. The SMILES string of the molecule is O=C(COc1cccc(Cl)c1Cl)NC(c1ccccc1)C1CC1. The third-order valence-electron chi connectivity index (χ3n) is 3.84. The van der Waals surface area contributed by atoms with Crippen LogP contribution in [0.25, 0.3) is 0 Å². The molecule has 2 aromatic rings. The Balaban J connectivity index is 1.61. The van der Waals surface area contributed by atoms with Crippen LogP contribution in [0.2, 0.25) is 10.0 Å². The molecule has 1 N–H and O–H groups in total. The van der Waals surface area contributed by atoms with Gasteiger partial charge in [0.15, 0.2) is 6.61 Å². The van der Waals surface area contributed by atoms with Crippen LogP contribution in [0.4, 0.5) is 0 Å². The van der Waals surface area contributed by atoms with Crippen LogP contribution in [0.3, 0.4) is 0 Å². The van der Waals surface area contributed by atoms with Gasteiger partial charge in [-0.1, -0.05) is 59.6 Å². The van der Waals surface area contributed by atoms with E-state index in [0.29, 0.717) is 21.7 Å². The Morgan fingerprint density at radius 3 is 2.57 bits per heavy atom. The lowest BCUT2D eigenvalue weighted by Crippen LogP contribution is -2.33. The molecule has 120 valence electrons. The molecule has 23 heavy (non-hydrogen) atoms. The maximum Gasteiger partial charge on any atom is 0.258 e. The number of halogens is 2. The molecule has 1 saturated carbocycles. The third-order valence-corrected chi connectivity index (χ3v) is 4.65. The van der Waals surface area contributed by atoms with Gasteiger partial charge in [-0.3, -0.25) is 4.79 Å². The molecule has 1 fully saturated rings. The minimum absolute atomic E-state index is 0.0436. The first-order valence-corrected chi connectivity index (χ1v) is 8.32. The Labute approximate surface area is 145 Å². The van der Waals surface area contributed by atoms with E-state index < -0.39 is 0 Å². The normalized spacial score (nSPS) is 15.0. The topological polar surface area (TPSA) is 38.3 Å². The second-order valence-electron chi connectivity index (χ2n) is 5.63. The Morgan fingerprint density at radius 1 is 1.13 bits per heavy atom. The average molecular weight is 350 g/mol. The number of ether oxygens (including phenoxy) is 1. The van der Waals surface area contributed by atoms with Crippen LogP contribution in [0, 0.1) is 5.92 Å². The fourth-order valence-electron chi connectivity index (χ4n) is 2.52. The summed E-state index contributed by atoms with van der Waals surface area (Å²) in [6.07, 6.45) is 2.28. The Hall–Kier alpha value is -1.71. The minimum Gasteiger partial charge on any atom is -0.482 e. The van der Waals surface area contributed by atoms with Crippen molar-refractivity contribution in [1.29, 1.82) is 0 Å². The lowest BCUT2D eigenvalue weighted by Gasteiger charge is -2.19. The third kappa shape index (κ3) is 4.18. The average Bonchev–Trinajstić information content (AvgIpc) is 3.39. The van der Waals surface area contributed by atoms with Crippen LogP contribution < -0.4 is 10.1 Å². The summed E-state index contributed by atoms with van der Waals surface area (Å²) in [5.41, 5.74) is 1.13. The molecule has 1 aliphatic rings. The van der Waals surface area contributed by atoms with Gasteiger partial charge in [-0.05, 0) is 36.5 Å². The van der Waals surface area contributed by atoms with E-state index in [1.165, 1.54) is 0 Å². The lowest BCUT2D eigenvalue weighted by molar-refractivity contribution is -0.124. The second kappa shape index (κ2) is 7.24. The highest BCUT2D eigenvalue weighted by molar-refractivity contribution is 6.42. The van der Waals surface area contributed by atoms with Crippen LogP contribution in [-0.4, -0.2) is 12.5 Å². The molecule has 1 amide bonds. The number of carbonyl (C=O) groups excluding carboxylic acids is 1. The molecule has 3 nitrogen and oxygen atoms in total. The van der Waals surface area contributed by atoms with Crippen molar-refractivity contribution in [2.75, 3.05) is 6.61 Å². The first-order chi connectivity index (χ1) is 11.1. The van der Waals surface area contributed by atoms with Crippen LogP contribution in [-0.2, 0) is 4.79 Å². The molecule has 0 bridgehead atoms. The summed E-state index contributed by atoms with van der Waals surface area (Å²) in [5.74, 6) is 0.759. The minimum atomic E-state index is -0.165. The van der Waals surface area contributed by atoms with Crippen molar-refractivity contribution in [3.8, 4) is 5.75 Å². The molecule has 1 unspecified atom stereocenters. The van der Waals surface area contributed by atoms with E-state index >= 15 is 0 Å². The number of hydrogen-bond donors (Lipinski definition) is 1. The van der Waals surface area contributed by atoms with Crippen molar-refractivity contribution in [3.63, 3.8) is 0 Å². The summed E-state index contributed by atoms with van der Waals surface area (Å²) in [6.45, 7) is -0.0872. The van der Waals surface area contributed by atoms with Gasteiger partial charge in [0.2, 0.25) is 0 Å². The summed E-state index contributed by atoms with van der Waals surface area (Å²) in [6, 6.07) is 15.2. The Morgan fingerprint density at radius 2 is 1.87 bits per heavy atom. The van der Waals surface area contributed by atoms with Gasteiger partial charge in [0, 0.05) is 0 Å². The standard InChI is InChI=1S/C18H17Cl2NO2/c19-14-7-4-8-15(17(14)20)23-11-16(22)21-18(13-9-10-13)12-5-2-1-3-6-12/h1-8,13,18H,9-11H2,(H,21,22). The molecule has 0 saturated heterocycles. The number of benzene rings is 2. The smallest absolute Gasteiger partial charge is 0.258 e. The molecule has 0 heterocycles. The van der Waals surface area contributed by atoms with Crippen molar-refractivity contribution < 1.29 is 9.53 Å². The summed E-state index contributed by atoms with van der Waals surface area (Å²) in [4.78, 5) is 12.2. The summed E-state index contributed by atoms with van der Waals surface area (Å²) in [5, 5.41) is 3.79. The number of rotatable bonds is 6. The van der Waals surface area contributed by atoms with Gasteiger partial charge in [0.1, 0.15) is 10.8 Å². The first kappa shape index (κ1) is 16.2. The molecule has 0 aromatic heterocycles. The molecule has 0 aliphatic heterocycles. The highest BCUT2D eigenvalue weighted by atomic mass is 35.5. The summed E-state index contributed by atoms with van der Waals surface area (Å²) < 4.78 is 5.49. The van der Waals surface area contributed by atoms with Crippen LogP contribution in [0.5, 0.6) is 5.75 Å². The summed E-state index contributed by atoms with van der Waals surface area (Å²) in [7, 11) is 0. The molecule has 1 atom stereocenters. The number of hydrogen-bond acceptors (Lipinski definition) is 2. The summed E-state index contributed by atoms with van der Waals surface area (Å²) >= 11 is 12.0. The molecule has 3 rings (SSSR count). The molecular weight excluding hydrogens is 333 g/mol. The second-order valence-corrected chi connectivity index (χ2v) is 6.42. The van der Waals surface area contributed by atoms with E-state index in [1.807, 2.05) is 30.3 Å². The van der Waals surface area contributed by atoms with Gasteiger partial charge in [-0.15, -0.1) is 0 Å². The lowest BCUT2D eigenvalue weighted by atomic mass is 10.0. The molecule has 0 spiro atoms. The van der Waals surface area contributed by atoms with E-state index in [2.05, 4.69) is 5.32 Å². The molecule has 0 radical (unpaired) electrons. The van der Waals surface area contributed by atoms with Crippen molar-refractivity contribution in [3.05, 3.63) is 64.1 Å². The van der Waals surface area contributed by atoms with Crippen LogP contribution >= 0.6 is 23.2 Å². The first-order valence-electron chi connectivity index (χ1n) is 7.56. The maximum absolute atomic E-state index is 12.2. The molecule has 1 aliphatic carbocycles. The van der Waals surface area contributed by atoms with E-state index in [0.717, 1.165) is 18.4 Å². The zero-order valence-electron chi connectivity index (χ0n) is 12.5. The maximum atomic E-state index is 12.2. The van der Waals surface area contributed by atoms with Gasteiger partial charge < -0.3 is 10.1 Å². The number of amides is 1. The molecular formula is C18H17Cl2NO2. The van der Waals surface area contributed by atoms with E-state index in [-0.39, 0.29) is 18.6 Å². The number of nitrogens with one attached hydrogen (secondary N) is 1. The molecule has 5 heteroatoms. The fourth-order valence-corrected chi connectivity index (χ4v) is 2.86. The predicted octanol–water partition coefficient (Wildman–Crippen LogP) is 4.64.